The van der Waals surface area contributed by atoms with E-state index in [9.17, 15) is 4.79 Å². The van der Waals surface area contributed by atoms with Crippen LogP contribution in [0.3, 0.4) is 0 Å². The number of piperidine rings is 1. The van der Waals surface area contributed by atoms with E-state index in [0.29, 0.717) is 12.5 Å². The normalized spacial score (nSPS) is 33.3. The number of benzene rings is 1. The van der Waals surface area contributed by atoms with E-state index in [1.54, 1.807) is 0 Å². The van der Waals surface area contributed by atoms with Crippen molar-refractivity contribution in [3.63, 3.8) is 0 Å². The monoisotopic (exact) mass is 344 g/mol. The fourth-order valence-electron chi connectivity index (χ4n) is 4.56. The van der Waals surface area contributed by atoms with Crippen LogP contribution in [0, 0.1) is 0 Å². The highest BCUT2D eigenvalue weighted by Gasteiger charge is 2.34. The summed E-state index contributed by atoms with van der Waals surface area (Å²) in [6, 6.07) is 8.14. The van der Waals surface area contributed by atoms with Gasteiger partial charge in [0.25, 0.3) is 5.91 Å². The molecule has 0 spiro atoms. The standard InChI is InChI=1S/C20H28N2O3/c21-17-5-3-11-22-18(17)12-24-15-9-7-14(8-10-15)16-4-1-2-6-19(16)25-13-20(22)23/h1-2,4,6,14-15,17-18H,3,5,7-13,21H2/t14-,15+,17?,18?. The van der Waals surface area contributed by atoms with Crippen LogP contribution in [0.4, 0.5) is 0 Å². The molecule has 2 bridgehead atoms. The largest absolute Gasteiger partial charge is 0.483 e. The molecule has 1 amide bonds. The molecule has 5 rings (SSSR count). The van der Waals surface area contributed by atoms with Gasteiger partial charge in [0, 0.05) is 12.6 Å². The zero-order chi connectivity index (χ0) is 17.2. The lowest BCUT2D eigenvalue weighted by Crippen LogP contribution is -2.57. The summed E-state index contributed by atoms with van der Waals surface area (Å²) in [5.74, 6) is 1.37. The molecule has 2 atom stereocenters. The lowest BCUT2D eigenvalue weighted by Gasteiger charge is -2.40. The maximum Gasteiger partial charge on any atom is 0.260 e. The Hall–Kier alpha value is -1.59. The van der Waals surface area contributed by atoms with Gasteiger partial charge in [-0.3, -0.25) is 4.79 Å². The second kappa shape index (κ2) is 7.34. The topological polar surface area (TPSA) is 64.8 Å². The maximum atomic E-state index is 12.8. The van der Waals surface area contributed by atoms with Crippen LogP contribution < -0.4 is 10.5 Å². The lowest BCUT2D eigenvalue weighted by atomic mass is 9.82. The molecular formula is C20H28N2O3. The van der Waals surface area contributed by atoms with Gasteiger partial charge < -0.3 is 20.1 Å². The van der Waals surface area contributed by atoms with Crippen molar-refractivity contribution in [1.29, 1.82) is 0 Å². The molecule has 25 heavy (non-hydrogen) atoms. The Kier molecular flexibility index (Phi) is 4.95. The Morgan fingerprint density at radius 2 is 1.88 bits per heavy atom. The van der Waals surface area contributed by atoms with E-state index in [4.69, 9.17) is 15.2 Å². The Labute approximate surface area is 149 Å². The van der Waals surface area contributed by atoms with Gasteiger partial charge in [0.15, 0.2) is 6.61 Å². The molecule has 0 radical (unpaired) electrons. The highest BCUT2D eigenvalue weighted by atomic mass is 16.5. The molecule has 1 aliphatic carbocycles. The number of hydrogen-bond donors (Lipinski definition) is 1. The lowest BCUT2D eigenvalue weighted by molar-refractivity contribution is -0.140. The molecule has 2 unspecified atom stereocenters. The molecule has 1 saturated carbocycles. The number of para-hydroxylation sites is 1. The van der Waals surface area contributed by atoms with E-state index < -0.39 is 0 Å². The third-order valence-electron chi connectivity index (χ3n) is 6.04. The quantitative estimate of drug-likeness (QED) is 0.785. The number of carbonyl (C=O) groups is 1. The molecule has 5 nitrogen and oxygen atoms in total. The fraction of sp³-hybridized carbons (Fsp3) is 0.650. The van der Waals surface area contributed by atoms with Crippen molar-refractivity contribution in [3.05, 3.63) is 29.8 Å². The van der Waals surface area contributed by atoms with Gasteiger partial charge in [-0.25, -0.2) is 0 Å². The Morgan fingerprint density at radius 1 is 1.08 bits per heavy atom. The first-order valence-electron chi connectivity index (χ1n) is 9.61. The number of ether oxygens (including phenoxy) is 2. The van der Waals surface area contributed by atoms with Gasteiger partial charge in [-0.2, -0.15) is 0 Å². The minimum atomic E-state index is -0.0291. The summed E-state index contributed by atoms with van der Waals surface area (Å²) in [7, 11) is 0. The number of hydrogen-bond acceptors (Lipinski definition) is 4. The molecule has 136 valence electrons. The Morgan fingerprint density at radius 3 is 2.72 bits per heavy atom. The Bertz CT molecular complexity index is 613. The zero-order valence-electron chi connectivity index (χ0n) is 14.7. The van der Waals surface area contributed by atoms with E-state index in [1.165, 1.54) is 5.56 Å². The summed E-state index contributed by atoms with van der Waals surface area (Å²) in [6.07, 6.45) is 6.54. The zero-order valence-corrected chi connectivity index (χ0v) is 14.7. The third-order valence-corrected chi connectivity index (χ3v) is 6.04. The summed E-state index contributed by atoms with van der Waals surface area (Å²) in [6.45, 7) is 1.38. The minimum Gasteiger partial charge on any atom is -0.483 e. The predicted octanol–water partition coefficient (Wildman–Crippen LogP) is 2.44. The van der Waals surface area contributed by atoms with E-state index in [0.717, 1.165) is 50.8 Å². The Balaban J connectivity index is 1.61. The van der Waals surface area contributed by atoms with Gasteiger partial charge in [0.1, 0.15) is 5.75 Å². The summed E-state index contributed by atoms with van der Waals surface area (Å²) < 4.78 is 12.2. The number of amides is 1. The van der Waals surface area contributed by atoms with Crippen molar-refractivity contribution in [3.8, 4) is 5.75 Å². The first kappa shape index (κ1) is 16.9. The molecule has 4 aliphatic rings. The number of carbonyl (C=O) groups excluding carboxylic acids is 1. The molecule has 2 N–H and O–H groups in total. The average Bonchev–Trinajstić information content (AvgIpc) is 2.66. The van der Waals surface area contributed by atoms with Gasteiger partial charge in [-0.15, -0.1) is 0 Å². The maximum absolute atomic E-state index is 12.8. The second-order valence-corrected chi connectivity index (χ2v) is 7.59. The van der Waals surface area contributed by atoms with Gasteiger partial charge in [-0.05, 0) is 56.1 Å². The van der Waals surface area contributed by atoms with E-state index >= 15 is 0 Å². The van der Waals surface area contributed by atoms with E-state index in [2.05, 4.69) is 12.1 Å². The van der Waals surface area contributed by atoms with Crippen LogP contribution in [0.5, 0.6) is 5.75 Å². The van der Waals surface area contributed by atoms with Crippen LogP contribution in [-0.4, -0.2) is 48.8 Å². The summed E-state index contributed by atoms with van der Waals surface area (Å²) in [4.78, 5) is 14.7. The third kappa shape index (κ3) is 3.53. The minimum absolute atomic E-state index is 0.00791. The second-order valence-electron chi connectivity index (χ2n) is 7.59. The fourth-order valence-corrected chi connectivity index (χ4v) is 4.56. The number of nitrogens with zero attached hydrogens (tertiary/aromatic N) is 1. The SMILES string of the molecule is NC1CCCN2C(=O)COc3ccccc3[C@H]3CC[C@H](CC3)OCC12. The molecule has 5 heteroatoms. The van der Waals surface area contributed by atoms with Gasteiger partial charge in [0.2, 0.25) is 0 Å². The van der Waals surface area contributed by atoms with Gasteiger partial charge >= 0.3 is 0 Å². The first-order chi connectivity index (χ1) is 12.2. The van der Waals surface area contributed by atoms with Gasteiger partial charge in [-0.1, -0.05) is 18.2 Å². The van der Waals surface area contributed by atoms with E-state index in [1.807, 2.05) is 17.0 Å². The van der Waals surface area contributed by atoms with E-state index in [-0.39, 0.29) is 30.7 Å². The summed E-state index contributed by atoms with van der Waals surface area (Å²) in [5, 5.41) is 0. The van der Waals surface area contributed by atoms with Crippen molar-refractivity contribution in [2.75, 3.05) is 19.8 Å². The van der Waals surface area contributed by atoms with Crippen molar-refractivity contribution >= 4 is 5.91 Å². The number of rotatable bonds is 0. The van der Waals surface area contributed by atoms with Crippen LogP contribution in [0.25, 0.3) is 0 Å². The van der Waals surface area contributed by atoms with Crippen LogP contribution in [-0.2, 0) is 9.53 Å². The van der Waals surface area contributed by atoms with Crippen LogP contribution >= 0.6 is 0 Å². The molecule has 1 saturated heterocycles. The van der Waals surface area contributed by atoms with Crippen LogP contribution in [0.2, 0.25) is 0 Å². The molecule has 3 aliphatic heterocycles. The van der Waals surface area contributed by atoms with Gasteiger partial charge in [0.05, 0.1) is 18.8 Å². The predicted molar refractivity (Wildman–Crippen MR) is 95.6 cm³/mol. The highest BCUT2D eigenvalue weighted by Crippen LogP contribution is 2.38. The van der Waals surface area contributed by atoms with Crippen molar-refractivity contribution < 1.29 is 14.3 Å². The molecule has 1 aromatic rings. The molecular weight excluding hydrogens is 316 g/mol. The van der Waals surface area contributed by atoms with Crippen LogP contribution in [0.1, 0.15) is 50.0 Å². The molecule has 1 aromatic carbocycles. The summed E-state index contributed by atoms with van der Waals surface area (Å²) in [5.41, 5.74) is 7.56. The molecule has 3 heterocycles. The molecule has 2 fully saturated rings. The van der Waals surface area contributed by atoms with Crippen LogP contribution in [0.15, 0.2) is 24.3 Å². The van der Waals surface area contributed by atoms with Crippen molar-refractivity contribution in [1.82, 2.24) is 4.90 Å². The average molecular weight is 344 g/mol. The van der Waals surface area contributed by atoms with Crippen molar-refractivity contribution in [2.45, 2.75) is 62.6 Å². The number of fused-ring (bicyclic) bond motifs is 5. The number of nitrogens with two attached hydrogens (primary N) is 1. The first-order valence-corrected chi connectivity index (χ1v) is 9.61. The molecule has 0 aromatic heterocycles. The highest BCUT2D eigenvalue weighted by molar-refractivity contribution is 5.78. The summed E-state index contributed by atoms with van der Waals surface area (Å²) >= 11 is 0. The smallest absolute Gasteiger partial charge is 0.260 e. The van der Waals surface area contributed by atoms with Crippen molar-refractivity contribution in [2.24, 2.45) is 5.73 Å².